The van der Waals surface area contributed by atoms with E-state index in [0.717, 1.165) is 36.2 Å². The molecule has 4 nitrogen and oxygen atoms in total. The third kappa shape index (κ3) is 3.10. The van der Waals surface area contributed by atoms with Crippen molar-refractivity contribution >= 4 is 11.5 Å². The monoisotopic (exact) mass is 278 g/mol. The van der Waals surface area contributed by atoms with E-state index in [1.807, 2.05) is 11.6 Å². The standard InChI is InChI=1S/C16H30N4/c1-5-20-15(14(17)13(4)19-20)18-11-16(10-12(2)3)8-6-7-9-16/h12,18H,5-11,17H2,1-4H3. The molecule has 0 bridgehead atoms. The van der Waals surface area contributed by atoms with E-state index in [2.05, 4.69) is 31.2 Å². The fourth-order valence-corrected chi connectivity index (χ4v) is 3.73. The number of hydrogen-bond donors (Lipinski definition) is 2. The van der Waals surface area contributed by atoms with Crippen LogP contribution in [0.15, 0.2) is 0 Å². The summed E-state index contributed by atoms with van der Waals surface area (Å²) in [5.74, 6) is 1.77. The molecule has 3 N–H and O–H groups in total. The Bertz CT molecular complexity index is 442. The number of nitrogens with one attached hydrogen (secondary N) is 1. The number of aromatic nitrogens is 2. The molecule has 1 heterocycles. The summed E-state index contributed by atoms with van der Waals surface area (Å²) < 4.78 is 1.99. The van der Waals surface area contributed by atoms with Gasteiger partial charge in [0.1, 0.15) is 5.82 Å². The molecular weight excluding hydrogens is 248 g/mol. The van der Waals surface area contributed by atoms with Crippen molar-refractivity contribution in [1.29, 1.82) is 0 Å². The first kappa shape index (κ1) is 15.2. The molecule has 20 heavy (non-hydrogen) atoms. The molecule has 0 amide bonds. The molecule has 1 aliphatic rings. The van der Waals surface area contributed by atoms with E-state index >= 15 is 0 Å². The van der Waals surface area contributed by atoms with Gasteiger partial charge in [-0.25, -0.2) is 4.68 Å². The van der Waals surface area contributed by atoms with E-state index in [9.17, 15) is 0 Å². The zero-order chi connectivity index (χ0) is 14.8. The minimum Gasteiger partial charge on any atom is -0.394 e. The molecule has 2 rings (SSSR count). The van der Waals surface area contributed by atoms with Gasteiger partial charge in [0.2, 0.25) is 0 Å². The van der Waals surface area contributed by atoms with Gasteiger partial charge in [-0.05, 0) is 44.4 Å². The third-order valence-electron chi connectivity index (χ3n) is 4.61. The van der Waals surface area contributed by atoms with Crippen molar-refractivity contribution in [3.05, 3.63) is 5.69 Å². The van der Waals surface area contributed by atoms with Crippen LogP contribution in [0.3, 0.4) is 0 Å². The summed E-state index contributed by atoms with van der Waals surface area (Å²) in [5.41, 5.74) is 8.36. The molecule has 1 aliphatic carbocycles. The maximum absolute atomic E-state index is 6.16. The lowest BCUT2D eigenvalue weighted by Crippen LogP contribution is -2.29. The van der Waals surface area contributed by atoms with E-state index in [-0.39, 0.29) is 0 Å². The molecule has 1 aromatic heterocycles. The van der Waals surface area contributed by atoms with Crippen LogP contribution in [0.2, 0.25) is 0 Å². The largest absolute Gasteiger partial charge is 0.394 e. The van der Waals surface area contributed by atoms with Crippen molar-refractivity contribution in [2.45, 2.75) is 66.3 Å². The van der Waals surface area contributed by atoms with Gasteiger partial charge in [-0.3, -0.25) is 0 Å². The lowest BCUT2D eigenvalue weighted by Gasteiger charge is -2.31. The van der Waals surface area contributed by atoms with Gasteiger partial charge in [0.25, 0.3) is 0 Å². The Hall–Kier alpha value is -1.19. The highest BCUT2D eigenvalue weighted by atomic mass is 15.3. The Morgan fingerprint density at radius 3 is 2.55 bits per heavy atom. The minimum absolute atomic E-state index is 0.456. The number of nitrogens with zero attached hydrogens (tertiary/aromatic N) is 2. The summed E-state index contributed by atoms with van der Waals surface area (Å²) in [6.45, 7) is 10.6. The first-order valence-electron chi connectivity index (χ1n) is 8.04. The summed E-state index contributed by atoms with van der Waals surface area (Å²) in [7, 11) is 0. The van der Waals surface area contributed by atoms with E-state index < -0.39 is 0 Å². The number of hydrogen-bond acceptors (Lipinski definition) is 3. The zero-order valence-electron chi connectivity index (χ0n) is 13.5. The summed E-state index contributed by atoms with van der Waals surface area (Å²) >= 11 is 0. The Morgan fingerprint density at radius 1 is 1.35 bits per heavy atom. The van der Waals surface area contributed by atoms with Crippen molar-refractivity contribution in [3.63, 3.8) is 0 Å². The normalized spacial score (nSPS) is 17.9. The van der Waals surface area contributed by atoms with Crippen LogP contribution in [0.25, 0.3) is 0 Å². The van der Waals surface area contributed by atoms with Crippen molar-refractivity contribution in [1.82, 2.24) is 9.78 Å². The van der Waals surface area contributed by atoms with Gasteiger partial charge >= 0.3 is 0 Å². The Labute approximate surface area is 123 Å². The van der Waals surface area contributed by atoms with Crippen LogP contribution in [-0.4, -0.2) is 16.3 Å². The Balaban J connectivity index is 2.10. The molecule has 1 fully saturated rings. The van der Waals surface area contributed by atoms with Gasteiger partial charge < -0.3 is 11.1 Å². The average Bonchev–Trinajstić information content (AvgIpc) is 2.94. The highest BCUT2D eigenvalue weighted by Gasteiger charge is 2.34. The fourth-order valence-electron chi connectivity index (χ4n) is 3.73. The second kappa shape index (κ2) is 6.06. The summed E-state index contributed by atoms with van der Waals surface area (Å²) in [5, 5.41) is 8.10. The van der Waals surface area contributed by atoms with E-state index in [4.69, 9.17) is 5.73 Å². The fraction of sp³-hybridized carbons (Fsp3) is 0.812. The topological polar surface area (TPSA) is 55.9 Å². The maximum atomic E-state index is 6.16. The molecule has 114 valence electrons. The number of rotatable bonds is 6. The van der Waals surface area contributed by atoms with Crippen LogP contribution in [-0.2, 0) is 6.54 Å². The van der Waals surface area contributed by atoms with Crippen molar-refractivity contribution in [3.8, 4) is 0 Å². The summed E-state index contributed by atoms with van der Waals surface area (Å²) in [6.07, 6.45) is 6.74. The molecule has 0 saturated heterocycles. The molecule has 1 aromatic rings. The SMILES string of the molecule is CCn1nc(C)c(N)c1NCC1(CC(C)C)CCCC1. The molecule has 1 saturated carbocycles. The third-order valence-corrected chi connectivity index (χ3v) is 4.61. The van der Waals surface area contributed by atoms with Gasteiger partial charge in [-0.1, -0.05) is 26.7 Å². The van der Waals surface area contributed by atoms with E-state index in [1.165, 1.54) is 32.1 Å². The van der Waals surface area contributed by atoms with E-state index in [0.29, 0.717) is 5.41 Å². The Morgan fingerprint density at radius 2 is 2.00 bits per heavy atom. The quantitative estimate of drug-likeness (QED) is 0.832. The van der Waals surface area contributed by atoms with Gasteiger partial charge in [0.05, 0.1) is 11.4 Å². The Kier molecular flexibility index (Phi) is 4.61. The average molecular weight is 278 g/mol. The van der Waals surface area contributed by atoms with Gasteiger partial charge in [-0.2, -0.15) is 5.10 Å². The zero-order valence-corrected chi connectivity index (χ0v) is 13.5. The first-order chi connectivity index (χ1) is 9.47. The van der Waals surface area contributed by atoms with E-state index in [1.54, 1.807) is 0 Å². The smallest absolute Gasteiger partial charge is 0.148 e. The van der Waals surface area contributed by atoms with Gasteiger partial charge in [-0.15, -0.1) is 0 Å². The summed E-state index contributed by atoms with van der Waals surface area (Å²) in [4.78, 5) is 0. The number of nitrogens with two attached hydrogens (primary N) is 1. The van der Waals surface area contributed by atoms with Crippen molar-refractivity contribution in [2.24, 2.45) is 11.3 Å². The minimum atomic E-state index is 0.456. The molecular formula is C16H30N4. The second-order valence-corrected chi connectivity index (χ2v) is 6.82. The number of anilines is 2. The highest BCUT2D eigenvalue weighted by Crippen LogP contribution is 2.43. The van der Waals surface area contributed by atoms with Gasteiger partial charge in [0.15, 0.2) is 0 Å². The molecule has 0 aromatic carbocycles. The number of aryl methyl sites for hydroxylation is 2. The molecule has 4 heteroatoms. The van der Waals surface area contributed by atoms with Crippen LogP contribution < -0.4 is 11.1 Å². The lowest BCUT2D eigenvalue weighted by atomic mass is 9.78. The summed E-state index contributed by atoms with van der Waals surface area (Å²) in [6, 6.07) is 0. The van der Waals surface area contributed by atoms with Gasteiger partial charge in [0, 0.05) is 13.1 Å². The lowest BCUT2D eigenvalue weighted by molar-refractivity contribution is 0.252. The predicted molar refractivity (Wildman–Crippen MR) is 85.9 cm³/mol. The van der Waals surface area contributed by atoms with Crippen LogP contribution in [0.4, 0.5) is 11.5 Å². The van der Waals surface area contributed by atoms with Crippen LogP contribution in [0.1, 0.15) is 58.6 Å². The molecule has 0 spiro atoms. The van der Waals surface area contributed by atoms with Crippen LogP contribution in [0.5, 0.6) is 0 Å². The second-order valence-electron chi connectivity index (χ2n) is 6.82. The first-order valence-corrected chi connectivity index (χ1v) is 8.04. The predicted octanol–water partition coefficient (Wildman–Crippen LogP) is 3.81. The molecule has 0 aliphatic heterocycles. The number of nitrogen functional groups attached to an aromatic ring is 1. The van der Waals surface area contributed by atoms with Crippen molar-refractivity contribution in [2.75, 3.05) is 17.6 Å². The molecule has 0 radical (unpaired) electrons. The van der Waals surface area contributed by atoms with Crippen LogP contribution >= 0.6 is 0 Å². The van der Waals surface area contributed by atoms with Crippen LogP contribution in [0, 0.1) is 18.3 Å². The van der Waals surface area contributed by atoms with Crippen molar-refractivity contribution < 1.29 is 0 Å². The maximum Gasteiger partial charge on any atom is 0.148 e. The highest BCUT2D eigenvalue weighted by molar-refractivity contribution is 5.64. The molecule has 0 atom stereocenters. The molecule has 0 unspecified atom stereocenters.